The van der Waals surface area contributed by atoms with Crippen LogP contribution in [0.5, 0.6) is 0 Å². The second-order valence-corrected chi connectivity index (χ2v) is 11.1. The predicted octanol–water partition coefficient (Wildman–Crippen LogP) is 4.90. The number of anilines is 1. The topological polar surface area (TPSA) is 119 Å². The number of amides is 1. The molecular formula is C27H26N4O5S2. The van der Waals surface area contributed by atoms with Crippen LogP contribution in [0.25, 0.3) is 5.69 Å². The highest BCUT2D eigenvalue weighted by Gasteiger charge is 2.16. The van der Waals surface area contributed by atoms with E-state index >= 15 is 0 Å². The van der Waals surface area contributed by atoms with Gasteiger partial charge in [0.15, 0.2) is 0 Å². The standard InChI is InChI=1S/C27H26N4O5S2/c1-4-36-27(33)21-9-13-24(14-10-21)31-18(2)16-22(19(31)3)17-28-29-26(32)20-7-11-23(12-8-20)30-38(34,35)25-6-5-15-37-25/h5-17,30H,4H2,1-3H3,(H,29,32)/b28-17-. The van der Waals surface area contributed by atoms with E-state index in [9.17, 15) is 18.0 Å². The van der Waals surface area contributed by atoms with E-state index in [1.54, 1.807) is 36.7 Å². The summed E-state index contributed by atoms with van der Waals surface area (Å²) in [5.41, 5.74) is 7.22. The van der Waals surface area contributed by atoms with Crippen molar-refractivity contribution in [2.45, 2.75) is 25.0 Å². The number of carbonyl (C=O) groups is 2. The Morgan fingerprint density at radius 1 is 1.03 bits per heavy atom. The van der Waals surface area contributed by atoms with Crippen LogP contribution in [0.2, 0.25) is 0 Å². The Bertz CT molecular complexity index is 1570. The van der Waals surface area contributed by atoms with E-state index < -0.39 is 15.9 Å². The zero-order valence-corrected chi connectivity index (χ0v) is 22.6. The molecule has 0 saturated carbocycles. The number of carbonyl (C=O) groups excluding carboxylic acids is 2. The molecule has 0 aliphatic heterocycles. The van der Waals surface area contributed by atoms with Crippen molar-refractivity contribution in [3.05, 3.63) is 100 Å². The molecule has 9 nitrogen and oxygen atoms in total. The van der Waals surface area contributed by atoms with E-state index in [0.29, 0.717) is 23.4 Å². The molecule has 0 fully saturated rings. The minimum atomic E-state index is -3.66. The predicted molar refractivity (Wildman–Crippen MR) is 148 cm³/mol. The van der Waals surface area contributed by atoms with E-state index in [2.05, 4.69) is 15.2 Å². The average molecular weight is 551 g/mol. The summed E-state index contributed by atoms with van der Waals surface area (Å²) < 4.78 is 34.5. The van der Waals surface area contributed by atoms with Crippen molar-refractivity contribution in [3.63, 3.8) is 0 Å². The fourth-order valence-electron chi connectivity index (χ4n) is 3.81. The molecule has 0 aliphatic carbocycles. The first-order valence-corrected chi connectivity index (χ1v) is 14.0. The third-order valence-corrected chi connectivity index (χ3v) is 8.41. The van der Waals surface area contributed by atoms with Crippen molar-refractivity contribution < 1.29 is 22.7 Å². The van der Waals surface area contributed by atoms with E-state index in [0.717, 1.165) is 34.0 Å². The van der Waals surface area contributed by atoms with Gasteiger partial charge in [-0.05, 0) is 86.8 Å². The molecule has 0 atom stereocenters. The summed E-state index contributed by atoms with van der Waals surface area (Å²) in [5, 5.41) is 5.78. The van der Waals surface area contributed by atoms with Crippen molar-refractivity contribution >= 4 is 45.1 Å². The fraction of sp³-hybridized carbons (Fsp3) is 0.148. The first-order valence-electron chi connectivity index (χ1n) is 11.7. The first kappa shape index (κ1) is 26.8. The molecule has 0 bridgehead atoms. The number of aromatic nitrogens is 1. The normalized spacial score (nSPS) is 11.4. The lowest BCUT2D eigenvalue weighted by atomic mass is 10.2. The molecule has 11 heteroatoms. The van der Waals surface area contributed by atoms with Gasteiger partial charge in [-0.15, -0.1) is 11.3 Å². The van der Waals surface area contributed by atoms with Gasteiger partial charge >= 0.3 is 5.97 Å². The largest absolute Gasteiger partial charge is 0.462 e. The second-order valence-electron chi connectivity index (χ2n) is 8.24. The maximum atomic E-state index is 12.5. The SMILES string of the molecule is CCOC(=O)c1ccc(-n2c(C)cc(/C=N\NC(=O)c3ccc(NS(=O)(=O)c4cccs4)cc3)c2C)cc1. The van der Waals surface area contributed by atoms with Crippen molar-refractivity contribution in [3.8, 4) is 5.69 Å². The minimum Gasteiger partial charge on any atom is -0.462 e. The first-order chi connectivity index (χ1) is 18.2. The zero-order chi connectivity index (χ0) is 27.3. The van der Waals surface area contributed by atoms with Crippen LogP contribution in [0.15, 0.2) is 81.4 Å². The van der Waals surface area contributed by atoms with E-state index in [4.69, 9.17) is 4.74 Å². The average Bonchev–Trinajstić information content (AvgIpc) is 3.54. The molecule has 0 unspecified atom stereocenters. The molecule has 38 heavy (non-hydrogen) atoms. The van der Waals surface area contributed by atoms with Crippen LogP contribution in [0.3, 0.4) is 0 Å². The Balaban J connectivity index is 1.40. The molecule has 0 spiro atoms. The van der Waals surface area contributed by atoms with Gasteiger partial charge in [0.2, 0.25) is 0 Å². The lowest BCUT2D eigenvalue weighted by molar-refractivity contribution is 0.0526. The zero-order valence-electron chi connectivity index (χ0n) is 21.0. The molecule has 2 aromatic carbocycles. The van der Waals surface area contributed by atoms with Crippen LogP contribution in [0, 0.1) is 13.8 Å². The molecule has 4 aromatic rings. The van der Waals surface area contributed by atoms with Crippen LogP contribution in [-0.2, 0) is 14.8 Å². The van der Waals surface area contributed by atoms with Crippen molar-refractivity contribution in [1.82, 2.24) is 9.99 Å². The van der Waals surface area contributed by atoms with Crippen molar-refractivity contribution in [2.24, 2.45) is 5.10 Å². The smallest absolute Gasteiger partial charge is 0.338 e. The van der Waals surface area contributed by atoms with Gasteiger partial charge in [0.05, 0.1) is 18.4 Å². The fourth-order valence-corrected chi connectivity index (χ4v) is 5.86. The number of rotatable bonds is 9. The summed E-state index contributed by atoms with van der Waals surface area (Å²) >= 11 is 1.12. The van der Waals surface area contributed by atoms with E-state index in [1.807, 2.05) is 36.6 Å². The highest BCUT2D eigenvalue weighted by molar-refractivity contribution is 7.94. The summed E-state index contributed by atoms with van der Waals surface area (Å²) in [5.74, 6) is -0.796. The van der Waals surface area contributed by atoms with Gasteiger partial charge in [-0.2, -0.15) is 5.10 Å². The molecule has 4 rings (SSSR count). The Labute approximate surface area is 224 Å². The number of sulfonamides is 1. The van der Waals surface area contributed by atoms with Crippen LogP contribution < -0.4 is 10.1 Å². The number of benzene rings is 2. The summed E-state index contributed by atoms with van der Waals surface area (Å²) in [7, 11) is -3.66. The van der Waals surface area contributed by atoms with Crippen LogP contribution >= 0.6 is 11.3 Å². The molecule has 196 valence electrons. The Hall–Kier alpha value is -4.22. The van der Waals surface area contributed by atoms with Crippen LogP contribution in [0.4, 0.5) is 5.69 Å². The maximum Gasteiger partial charge on any atom is 0.338 e. The monoisotopic (exact) mass is 550 g/mol. The van der Waals surface area contributed by atoms with Gasteiger partial charge in [-0.25, -0.2) is 18.6 Å². The highest BCUT2D eigenvalue weighted by Crippen LogP contribution is 2.22. The van der Waals surface area contributed by atoms with Gasteiger partial charge < -0.3 is 9.30 Å². The molecule has 0 aliphatic rings. The van der Waals surface area contributed by atoms with E-state index in [1.165, 1.54) is 30.3 Å². The maximum absolute atomic E-state index is 12.5. The quantitative estimate of drug-likeness (QED) is 0.175. The molecular weight excluding hydrogens is 524 g/mol. The van der Waals surface area contributed by atoms with Crippen LogP contribution in [-0.4, -0.2) is 37.7 Å². The third kappa shape index (κ3) is 6.01. The Morgan fingerprint density at radius 3 is 2.34 bits per heavy atom. The van der Waals surface area contributed by atoms with Gasteiger partial charge in [0.25, 0.3) is 15.9 Å². The van der Waals surface area contributed by atoms with Gasteiger partial charge in [-0.1, -0.05) is 6.07 Å². The van der Waals surface area contributed by atoms with Crippen molar-refractivity contribution in [2.75, 3.05) is 11.3 Å². The number of nitrogens with zero attached hydrogens (tertiary/aromatic N) is 2. The molecule has 2 N–H and O–H groups in total. The number of esters is 1. The van der Waals surface area contributed by atoms with Crippen molar-refractivity contribution in [1.29, 1.82) is 0 Å². The molecule has 1 amide bonds. The number of hydrogen-bond acceptors (Lipinski definition) is 7. The molecule has 0 saturated heterocycles. The third-order valence-electron chi connectivity index (χ3n) is 5.64. The second kappa shape index (κ2) is 11.4. The Kier molecular flexibility index (Phi) is 8.08. The minimum absolute atomic E-state index is 0.210. The number of aryl methyl sites for hydroxylation is 1. The van der Waals surface area contributed by atoms with Gasteiger partial charge in [0, 0.05) is 33.9 Å². The summed E-state index contributed by atoms with van der Waals surface area (Å²) in [6.45, 7) is 5.97. The molecule has 2 heterocycles. The van der Waals surface area contributed by atoms with Crippen LogP contribution in [0.1, 0.15) is 44.6 Å². The summed E-state index contributed by atoms with van der Waals surface area (Å²) in [4.78, 5) is 24.4. The summed E-state index contributed by atoms with van der Waals surface area (Å²) in [6, 6.07) is 18.3. The van der Waals surface area contributed by atoms with Gasteiger partial charge in [-0.3, -0.25) is 9.52 Å². The molecule has 2 aromatic heterocycles. The highest BCUT2D eigenvalue weighted by atomic mass is 32.2. The lowest BCUT2D eigenvalue weighted by Crippen LogP contribution is -2.18. The summed E-state index contributed by atoms with van der Waals surface area (Å²) in [6.07, 6.45) is 1.56. The number of thiophene rings is 1. The number of hydrogen-bond donors (Lipinski definition) is 2. The number of hydrazone groups is 1. The Morgan fingerprint density at radius 2 is 1.71 bits per heavy atom. The molecule has 0 radical (unpaired) electrons. The number of nitrogens with one attached hydrogen (secondary N) is 2. The van der Waals surface area contributed by atoms with Gasteiger partial charge in [0.1, 0.15) is 4.21 Å². The lowest BCUT2D eigenvalue weighted by Gasteiger charge is -2.10. The van der Waals surface area contributed by atoms with E-state index in [-0.39, 0.29) is 10.2 Å². The number of ether oxygens (including phenoxy) is 1.